The highest BCUT2D eigenvalue weighted by atomic mass is 19.1. The molecule has 126 valence electrons. The lowest BCUT2D eigenvalue weighted by atomic mass is 10.0. The Kier molecular flexibility index (Phi) is 5.41. The van der Waals surface area contributed by atoms with E-state index in [9.17, 15) is 9.18 Å². The van der Waals surface area contributed by atoms with Gasteiger partial charge in [0.05, 0.1) is 0 Å². The van der Waals surface area contributed by atoms with Crippen LogP contribution in [0.4, 0.5) is 10.1 Å². The molecule has 1 atom stereocenters. The smallest absolute Gasteiger partial charge is 0.220 e. The first-order valence-electron chi connectivity index (χ1n) is 8.39. The number of amides is 1. The molecule has 1 amide bonds. The Hall–Kier alpha value is -2.43. The number of halogens is 1. The van der Waals surface area contributed by atoms with Crippen molar-refractivity contribution < 1.29 is 9.18 Å². The van der Waals surface area contributed by atoms with Gasteiger partial charge in [-0.05, 0) is 55.2 Å². The van der Waals surface area contributed by atoms with E-state index in [0.29, 0.717) is 12.8 Å². The molecule has 0 unspecified atom stereocenters. The number of hydrogen-bond acceptors (Lipinski definition) is 3. The van der Waals surface area contributed by atoms with Crippen LogP contribution in [0.15, 0.2) is 48.8 Å². The molecule has 0 radical (unpaired) electrons. The van der Waals surface area contributed by atoms with E-state index in [4.69, 9.17) is 0 Å². The summed E-state index contributed by atoms with van der Waals surface area (Å²) in [6.07, 6.45) is 6.63. The number of pyridine rings is 1. The molecule has 1 aromatic heterocycles. The van der Waals surface area contributed by atoms with Crippen LogP contribution in [0, 0.1) is 5.82 Å². The number of nitrogens with one attached hydrogen (secondary N) is 1. The van der Waals surface area contributed by atoms with Crippen LogP contribution >= 0.6 is 0 Å². The fourth-order valence-corrected chi connectivity index (χ4v) is 3.11. The maximum absolute atomic E-state index is 13.4. The van der Waals surface area contributed by atoms with Crippen molar-refractivity contribution in [3.8, 4) is 0 Å². The molecule has 1 fully saturated rings. The van der Waals surface area contributed by atoms with Gasteiger partial charge >= 0.3 is 0 Å². The van der Waals surface area contributed by atoms with E-state index in [1.807, 2.05) is 18.2 Å². The molecule has 2 aromatic rings. The van der Waals surface area contributed by atoms with Crippen molar-refractivity contribution in [1.82, 2.24) is 10.3 Å². The van der Waals surface area contributed by atoms with Crippen LogP contribution in [0.3, 0.4) is 0 Å². The van der Waals surface area contributed by atoms with Gasteiger partial charge in [-0.15, -0.1) is 0 Å². The monoisotopic (exact) mass is 327 g/mol. The van der Waals surface area contributed by atoms with Crippen LogP contribution in [0.5, 0.6) is 0 Å². The second-order valence-corrected chi connectivity index (χ2v) is 6.19. The average Bonchev–Trinajstić information content (AvgIpc) is 2.61. The minimum Gasteiger partial charge on any atom is -0.369 e. The zero-order chi connectivity index (χ0) is 16.8. The predicted octanol–water partition coefficient (Wildman–Crippen LogP) is 2.94. The van der Waals surface area contributed by atoms with Crippen molar-refractivity contribution in [2.24, 2.45) is 0 Å². The summed E-state index contributed by atoms with van der Waals surface area (Å²) >= 11 is 0. The summed E-state index contributed by atoms with van der Waals surface area (Å²) in [6.45, 7) is 1.62. The van der Waals surface area contributed by atoms with Crippen molar-refractivity contribution in [1.29, 1.82) is 0 Å². The Labute approximate surface area is 141 Å². The van der Waals surface area contributed by atoms with Gasteiger partial charge in [-0.3, -0.25) is 9.78 Å². The molecular formula is C19H22FN3O. The Morgan fingerprint density at radius 3 is 2.92 bits per heavy atom. The van der Waals surface area contributed by atoms with E-state index in [1.54, 1.807) is 24.5 Å². The van der Waals surface area contributed by atoms with Gasteiger partial charge in [0.1, 0.15) is 5.82 Å². The molecule has 3 rings (SSSR count). The van der Waals surface area contributed by atoms with Gasteiger partial charge in [-0.2, -0.15) is 0 Å². The zero-order valence-corrected chi connectivity index (χ0v) is 13.6. The van der Waals surface area contributed by atoms with E-state index >= 15 is 0 Å². The van der Waals surface area contributed by atoms with Crippen molar-refractivity contribution in [3.05, 3.63) is 60.2 Å². The van der Waals surface area contributed by atoms with Crippen LogP contribution in [0.25, 0.3) is 0 Å². The first-order chi connectivity index (χ1) is 11.7. The fraction of sp³-hybridized carbons (Fsp3) is 0.368. The lowest BCUT2D eigenvalue weighted by Gasteiger charge is -2.34. The minimum absolute atomic E-state index is 0.0675. The van der Waals surface area contributed by atoms with Gasteiger partial charge in [-0.25, -0.2) is 4.39 Å². The molecule has 5 heteroatoms. The first-order valence-corrected chi connectivity index (χ1v) is 8.39. The van der Waals surface area contributed by atoms with Crippen molar-refractivity contribution in [3.63, 3.8) is 0 Å². The quantitative estimate of drug-likeness (QED) is 0.918. The van der Waals surface area contributed by atoms with Gasteiger partial charge in [-0.1, -0.05) is 6.07 Å². The molecule has 0 aliphatic carbocycles. The topological polar surface area (TPSA) is 45.2 Å². The van der Waals surface area contributed by atoms with Gasteiger partial charge in [0.15, 0.2) is 0 Å². The number of aryl methyl sites for hydroxylation is 1. The Balaban J connectivity index is 1.50. The molecule has 4 nitrogen and oxygen atoms in total. The average molecular weight is 327 g/mol. The van der Waals surface area contributed by atoms with E-state index in [0.717, 1.165) is 37.2 Å². The number of hydrogen-bond donors (Lipinski definition) is 1. The summed E-state index contributed by atoms with van der Waals surface area (Å²) in [5.41, 5.74) is 2.00. The molecule has 1 aromatic carbocycles. The molecular weight excluding hydrogens is 305 g/mol. The molecule has 1 aliphatic rings. The van der Waals surface area contributed by atoms with Crippen molar-refractivity contribution >= 4 is 11.6 Å². The highest BCUT2D eigenvalue weighted by Gasteiger charge is 2.21. The number of rotatable bonds is 5. The number of carbonyl (C=O) groups is 1. The minimum atomic E-state index is -0.226. The van der Waals surface area contributed by atoms with Crippen molar-refractivity contribution in [2.75, 3.05) is 18.0 Å². The van der Waals surface area contributed by atoms with E-state index < -0.39 is 0 Å². The second-order valence-electron chi connectivity index (χ2n) is 6.19. The van der Waals surface area contributed by atoms with Crippen molar-refractivity contribution in [2.45, 2.75) is 31.7 Å². The molecule has 0 spiro atoms. The van der Waals surface area contributed by atoms with Gasteiger partial charge in [0.2, 0.25) is 5.91 Å². The number of nitrogens with zero attached hydrogens (tertiary/aromatic N) is 2. The number of anilines is 1. The van der Waals surface area contributed by atoms with E-state index in [-0.39, 0.29) is 17.8 Å². The fourth-order valence-electron chi connectivity index (χ4n) is 3.11. The van der Waals surface area contributed by atoms with E-state index in [1.165, 1.54) is 6.07 Å². The van der Waals surface area contributed by atoms with Crippen LogP contribution in [0.1, 0.15) is 24.8 Å². The number of benzene rings is 1. The number of carbonyl (C=O) groups excluding carboxylic acids is 1. The zero-order valence-electron chi connectivity index (χ0n) is 13.6. The van der Waals surface area contributed by atoms with Crippen LogP contribution < -0.4 is 10.2 Å². The van der Waals surface area contributed by atoms with Crippen LogP contribution in [0.2, 0.25) is 0 Å². The molecule has 1 N–H and O–H groups in total. The summed E-state index contributed by atoms with van der Waals surface area (Å²) in [4.78, 5) is 18.3. The number of piperidine rings is 1. The Morgan fingerprint density at radius 2 is 2.12 bits per heavy atom. The molecule has 0 bridgehead atoms. The largest absolute Gasteiger partial charge is 0.369 e. The first kappa shape index (κ1) is 16.4. The van der Waals surface area contributed by atoms with Gasteiger partial charge in [0.25, 0.3) is 0 Å². The molecule has 0 saturated carbocycles. The standard InChI is InChI=1S/C19H22FN3O/c20-16-3-1-5-18(13-16)23-12-2-4-17(14-23)22-19(24)7-6-15-8-10-21-11-9-15/h1,3,5,8-11,13,17H,2,4,6-7,12,14H2,(H,22,24)/t17-/m0/s1. The summed E-state index contributed by atoms with van der Waals surface area (Å²) in [5, 5.41) is 3.11. The molecule has 24 heavy (non-hydrogen) atoms. The lowest BCUT2D eigenvalue weighted by Crippen LogP contribution is -2.47. The van der Waals surface area contributed by atoms with Crippen LogP contribution in [-0.2, 0) is 11.2 Å². The van der Waals surface area contributed by atoms with Gasteiger partial charge < -0.3 is 10.2 Å². The normalized spacial score (nSPS) is 17.5. The maximum atomic E-state index is 13.4. The third kappa shape index (κ3) is 4.54. The summed E-state index contributed by atoms with van der Waals surface area (Å²) in [6, 6.07) is 10.6. The second kappa shape index (κ2) is 7.90. The van der Waals surface area contributed by atoms with Crippen LogP contribution in [-0.4, -0.2) is 30.0 Å². The third-order valence-electron chi connectivity index (χ3n) is 4.35. The SMILES string of the molecule is O=C(CCc1ccncc1)N[C@H]1CCCN(c2cccc(F)c2)C1. The Bertz CT molecular complexity index is 677. The highest BCUT2D eigenvalue weighted by Crippen LogP contribution is 2.20. The van der Waals surface area contributed by atoms with Gasteiger partial charge in [0, 0.05) is 43.6 Å². The maximum Gasteiger partial charge on any atom is 0.220 e. The Morgan fingerprint density at radius 1 is 1.29 bits per heavy atom. The predicted molar refractivity (Wildman–Crippen MR) is 92.3 cm³/mol. The van der Waals surface area contributed by atoms with E-state index in [2.05, 4.69) is 15.2 Å². The highest BCUT2D eigenvalue weighted by molar-refractivity contribution is 5.76. The summed E-state index contributed by atoms with van der Waals surface area (Å²) in [5.74, 6) is -0.158. The number of aromatic nitrogens is 1. The molecule has 1 saturated heterocycles. The summed E-state index contributed by atoms with van der Waals surface area (Å²) in [7, 11) is 0. The lowest BCUT2D eigenvalue weighted by molar-refractivity contribution is -0.121. The summed E-state index contributed by atoms with van der Waals surface area (Å²) < 4.78 is 13.4. The molecule has 1 aliphatic heterocycles. The molecule has 2 heterocycles. The third-order valence-corrected chi connectivity index (χ3v) is 4.35.